The van der Waals surface area contributed by atoms with Gasteiger partial charge in [-0.2, -0.15) is 0 Å². The number of amides is 1. The Hall–Kier alpha value is -1.88. The van der Waals surface area contributed by atoms with Gasteiger partial charge in [0, 0.05) is 19.2 Å². The number of hydrogen-bond acceptors (Lipinski definition) is 4. The van der Waals surface area contributed by atoms with Crippen molar-refractivity contribution in [1.29, 1.82) is 0 Å². The predicted molar refractivity (Wildman–Crippen MR) is 78.7 cm³/mol. The molecule has 0 bridgehead atoms. The molecule has 104 valence electrons. The van der Waals surface area contributed by atoms with Crippen LogP contribution in [0.2, 0.25) is 0 Å². The van der Waals surface area contributed by atoms with Gasteiger partial charge < -0.3 is 15.5 Å². The van der Waals surface area contributed by atoms with Crippen molar-refractivity contribution >= 4 is 17.3 Å². The summed E-state index contributed by atoms with van der Waals surface area (Å²) in [5, 5.41) is 5.77. The summed E-state index contributed by atoms with van der Waals surface area (Å²) in [4.78, 5) is 24.8. The Kier molecular flexibility index (Phi) is 6.02. The third-order valence-corrected chi connectivity index (χ3v) is 2.53. The van der Waals surface area contributed by atoms with Gasteiger partial charge in [-0.3, -0.25) is 9.59 Å². The SMILES string of the molecule is CC(=O)Nc1ccc(NCCCN(C)C)c(=O)cc1. The first kappa shape index (κ1) is 15.2. The maximum absolute atomic E-state index is 11.8. The van der Waals surface area contributed by atoms with Crippen LogP contribution in [0.25, 0.3) is 0 Å². The van der Waals surface area contributed by atoms with Crippen LogP contribution in [0.5, 0.6) is 0 Å². The van der Waals surface area contributed by atoms with Crippen molar-refractivity contribution in [2.75, 3.05) is 37.8 Å². The molecule has 0 radical (unpaired) electrons. The van der Waals surface area contributed by atoms with E-state index in [1.807, 2.05) is 14.1 Å². The van der Waals surface area contributed by atoms with Crippen molar-refractivity contribution < 1.29 is 4.79 Å². The van der Waals surface area contributed by atoms with Crippen molar-refractivity contribution in [2.45, 2.75) is 13.3 Å². The van der Waals surface area contributed by atoms with Crippen LogP contribution in [0, 0.1) is 0 Å². The van der Waals surface area contributed by atoms with Gasteiger partial charge >= 0.3 is 0 Å². The Bertz CT molecular complexity index is 486. The number of anilines is 2. The highest BCUT2D eigenvalue weighted by Crippen LogP contribution is 2.06. The molecule has 0 aliphatic rings. The highest BCUT2D eigenvalue weighted by atomic mass is 16.1. The van der Waals surface area contributed by atoms with Gasteiger partial charge in [0.1, 0.15) is 0 Å². The molecule has 19 heavy (non-hydrogen) atoms. The molecule has 2 N–H and O–H groups in total. The van der Waals surface area contributed by atoms with E-state index < -0.39 is 0 Å². The van der Waals surface area contributed by atoms with Gasteiger partial charge in [-0.15, -0.1) is 0 Å². The third-order valence-electron chi connectivity index (χ3n) is 2.53. The minimum Gasteiger partial charge on any atom is -0.382 e. The molecule has 1 aromatic rings. The van der Waals surface area contributed by atoms with E-state index in [9.17, 15) is 9.59 Å². The zero-order chi connectivity index (χ0) is 14.3. The number of hydrogen-bond donors (Lipinski definition) is 2. The van der Waals surface area contributed by atoms with Crippen LogP contribution in [0.3, 0.4) is 0 Å². The van der Waals surface area contributed by atoms with Crippen LogP contribution >= 0.6 is 0 Å². The van der Waals surface area contributed by atoms with Crippen LogP contribution in [-0.4, -0.2) is 38.0 Å². The van der Waals surface area contributed by atoms with Gasteiger partial charge in [0.05, 0.1) is 5.69 Å². The first-order chi connectivity index (χ1) is 8.99. The van der Waals surface area contributed by atoms with E-state index in [-0.39, 0.29) is 11.3 Å². The van der Waals surface area contributed by atoms with Gasteiger partial charge in [0.25, 0.3) is 0 Å². The highest BCUT2D eigenvalue weighted by molar-refractivity contribution is 5.88. The molecular weight excluding hydrogens is 242 g/mol. The van der Waals surface area contributed by atoms with Gasteiger partial charge in [-0.25, -0.2) is 0 Å². The fourth-order valence-electron chi connectivity index (χ4n) is 1.62. The topological polar surface area (TPSA) is 61.4 Å². The van der Waals surface area contributed by atoms with Crippen molar-refractivity contribution in [3.63, 3.8) is 0 Å². The molecule has 0 saturated heterocycles. The Morgan fingerprint density at radius 2 is 1.89 bits per heavy atom. The van der Waals surface area contributed by atoms with Crippen molar-refractivity contribution in [3.8, 4) is 0 Å². The Balaban J connectivity index is 2.66. The zero-order valence-corrected chi connectivity index (χ0v) is 11.7. The predicted octanol–water partition coefficient (Wildman–Crippen LogP) is 1.37. The zero-order valence-electron chi connectivity index (χ0n) is 11.7. The molecule has 0 unspecified atom stereocenters. The van der Waals surface area contributed by atoms with Gasteiger partial charge in [-0.1, -0.05) is 0 Å². The van der Waals surface area contributed by atoms with Gasteiger partial charge in [0.2, 0.25) is 11.3 Å². The molecule has 0 saturated carbocycles. The molecule has 0 heterocycles. The summed E-state index contributed by atoms with van der Waals surface area (Å²) in [7, 11) is 4.03. The quantitative estimate of drug-likeness (QED) is 0.761. The maximum atomic E-state index is 11.8. The lowest BCUT2D eigenvalue weighted by molar-refractivity contribution is -0.114. The Morgan fingerprint density at radius 1 is 1.21 bits per heavy atom. The molecule has 0 fully saturated rings. The molecule has 0 spiro atoms. The fraction of sp³-hybridized carbons (Fsp3) is 0.429. The summed E-state index contributed by atoms with van der Waals surface area (Å²) in [5.41, 5.74) is 1.09. The highest BCUT2D eigenvalue weighted by Gasteiger charge is 1.99. The van der Waals surface area contributed by atoms with E-state index in [0.29, 0.717) is 11.4 Å². The standard InChI is InChI=1S/C14H21N3O2/c1-11(18)16-12-5-7-13(14(19)8-6-12)15-9-4-10-17(2)3/h5-8H,4,9-10H2,1-3H3,(H,15,19)(H,16,18). The molecule has 0 aromatic heterocycles. The number of nitrogens with one attached hydrogen (secondary N) is 2. The molecule has 0 aliphatic heterocycles. The van der Waals surface area contributed by atoms with Gasteiger partial charge in [0.15, 0.2) is 0 Å². The van der Waals surface area contributed by atoms with E-state index in [0.717, 1.165) is 19.5 Å². The monoisotopic (exact) mass is 263 g/mol. The van der Waals surface area contributed by atoms with Crippen molar-refractivity contribution in [3.05, 3.63) is 34.5 Å². The molecule has 0 atom stereocenters. The summed E-state index contributed by atoms with van der Waals surface area (Å²) < 4.78 is 0. The molecule has 1 aromatic carbocycles. The number of nitrogens with zero attached hydrogens (tertiary/aromatic N) is 1. The third kappa shape index (κ3) is 6.01. The summed E-state index contributed by atoms with van der Waals surface area (Å²) in [5.74, 6) is -0.154. The molecule has 5 heteroatoms. The van der Waals surface area contributed by atoms with Crippen molar-refractivity contribution in [1.82, 2.24) is 4.90 Å². The molecule has 1 amide bonds. The van der Waals surface area contributed by atoms with Crippen LogP contribution in [0.1, 0.15) is 13.3 Å². The number of carbonyl (C=O) groups is 1. The Morgan fingerprint density at radius 3 is 2.53 bits per heavy atom. The lowest BCUT2D eigenvalue weighted by atomic mass is 10.3. The molecular formula is C14H21N3O2. The van der Waals surface area contributed by atoms with Gasteiger partial charge in [-0.05, 0) is 51.3 Å². The second-order valence-electron chi connectivity index (χ2n) is 4.66. The van der Waals surface area contributed by atoms with E-state index in [2.05, 4.69) is 15.5 Å². The smallest absolute Gasteiger partial charge is 0.221 e. The summed E-state index contributed by atoms with van der Waals surface area (Å²) in [6.45, 7) is 3.15. The minimum absolute atomic E-state index is 0.0820. The van der Waals surface area contributed by atoms with E-state index in [4.69, 9.17) is 0 Å². The Labute approximate surface area is 113 Å². The first-order valence-electron chi connectivity index (χ1n) is 6.29. The lowest BCUT2D eigenvalue weighted by Gasteiger charge is -2.09. The van der Waals surface area contributed by atoms with E-state index >= 15 is 0 Å². The van der Waals surface area contributed by atoms with Crippen LogP contribution in [0.15, 0.2) is 29.1 Å². The molecule has 0 aliphatic carbocycles. The maximum Gasteiger partial charge on any atom is 0.221 e. The van der Waals surface area contributed by atoms with E-state index in [1.165, 1.54) is 13.0 Å². The average Bonchev–Trinajstić information content (AvgIpc) is 2.48. The second kappa shape index (κ2) is 7.53. The number of rotatable bonds is 6. The van der Waals surface area contributed by atoms with Crippen LogP contribution in [0.4, 0.5) is 11.4 Å². The first-order valence-corrected chi connectivity index (χ1v) is 6.29. The molecule has 1 rings (SSSR count). The lowest BCUT2D eigenvalue weighted by Crippen LogP contribution is -2.17. The summed E-state index contributed by atoms with van der Waals surface area (Å²) in [6.07, 6.45) is 0.962. The van der Waals surface area contributed by atoms with E-state index in [1.54, 1.807) is 18.2 Å². The normalized spacial score (nSPS) is 10.3. The average molecular weight is 263 g/mol. The minimum atomic E-state index is -0.154. The molecule has 5 nitrogen and oxygen atoms in total. The fourth-order valence-corrected chi connectivity index (χ4v) is 1.62. The summed E-state index contributed by atoms with van der Waals surface area (Å²) >= 11 is 0. The van der Waals surface area contributed by atoms with Crippen LogP contribution in [-0.2, 0) is 4.79 Å². The summed E-state index contributed by atoms with van der Waals surface area (Å²) in [6, 6.07) is 6.48. The largest absolute Gasteiger partial charge is 0.382 e. The second-order valence-corrected chi connectivity index (χ2v) is 4.66. The van der Waals surface area contributed by atoms with Crippen LogP contribution < -0.4 is 16.1 Å². The van der Waals surface area contributed by atoms with Crippen molar-refractivity contribution in [2.24, 2.45) is 0 Å². The number of carbonyl (C=O) groups excluding carboxylic acids is 1.